The Bertz CT molecular complexity index is 3150. The Morgan fingerprint density at radius 3 is 1.06 bits per heavy atom. The molecule has 5 fully saturated rings. The Hall–Kier alpha value is -6.70. The molecule has 124 heavy (non-hydrogen) atoms. The number of aliphatic hydroxyl groups is 10. The first-order valence-electron chi connectivity index (χ1n) is 44.0. The van der Waals surface area contributed by atoms with Crippen molar-refractivity contribution in [2.24, 2.45) is 0 Å². The number of aliphatic hydroxyl groups excluding tert-OH is 10. The average molecular weight is 1790 g/mol. The summed E-state index contributed by atoms with van der Waals surface area (Å²) in [6.07, 6.45) is -13.2. The monoisotopic (exact) mass is 1780 g/mol. The second-order valence-electron chi connectivity index (χ2n) is 31.9. The van der Waals surface area contributed by atoms with Gasteiger partial charge in [-0.05, 0) is 83.5 Å². The van der Waals surface area contributed by atoms with Gasteiger partial charge >= 0.3 is 0 Å². The molecule has 20 N–H and O–H groups in total. The summed E-state index contributed by atoms with van der Waals surface area (Å²) in [7, 11) is 0. The van der Waals surface area contributed by atoms with Gasteiger partial charge in [-0.3, -0.25) is 52.7 Å². The second-order valence-corrected chi connectivity index (χ2v) is 31.9. The molecule has 714 valence electrons. The summed E-state index contributed by atoms with van der Waals surface area (Å²) in [4.78, 5) is 141. The van der Waals surface area contributed by atoms with Crippen molar-refractivity contribution in [1.29, 1.82) is 0 Å². The van der Waals surface area contributed by atoms with Crippen LogP contribution in [0.2, 0.25) is 0 Å². The first-order chi connectivity index (χ1) is 59.5. The Morgan fingerprint density at radius 2 is 0.694 bits per heavy atom. The molecule has 0 aromatic carbocycles. The van der Waals surface area contributed by atoms with Gasteiger partial charge in [-0.1, -0.05) is 45.4 Å². The van der Waals surface area contributed by atoms with Crippen LogP contribution in [0.4, 0.5) is 4.39 Å². The van der Waals surface area contributed by atoms with E-state index in [-0.39, 0.29) is 160 Å². The molecule has 0 spiro atoms. The third kappa shape index (κ3) is 40.3. The molecule has 0 aromatic heterocycles. The standard InChI is InChI=1S/C81H142FN11O31/c1-5-52-43-53(100)44-93(52)65(108)27-13-11-9-7-6-8-10-12-26-64(107)92-78-66(82)77(117-42-30-63(106)88-36-22-33-85-60(103)25-16-19-39-120-81-69(91-51(4)99)75(114)72(111)56(47-96)124-81)76(116-41-29-62(105)87-35-21-32-84-59(102)24-15-18-38-119-80-68(90-50(3)98)74(113)71(110)55(46-95)123-80)57(121-78)48-115-40-28-61(104)86-34-20-31-83-58(101)23-14-17-37-118-79-67(89-49(2)97)73(112)70(109)54(45-94)122-79/h52-57,66-81,94-96,100,109-114H,5-48H2,1-4H3,(H,83,101)(H,84,102)(H,85,103)(H,86,104)(H,87,105)(H,88,106)(H,89,97)(H,90,98)(H,91,99)(H,92,107)/t52-,53-,54-,55-,56-,57-,66-,67-,68-,69-,70+,71+,72+,73-,74-,75-,76-,77-,78-,79-,80-,81-/m1/s1. The number of amides is 11. The molecule has 0 aromatic rings. The van der Waals surface area contributed by atoms with Gasteiger partial charge in [0.15, 0.2) is 31.3 Å². The number of halogens is 1. The number of nitrogens with one attached hydrogen (secondary N) is 10. The topological polar surface area (TPSA) is 606 Å². The highest BCUT2D eigenvalue weighted by Gasteiger charge is 2.51. The Morgan fingerprint density at radius 1 is 0.363 bits per heavy atom. The highest BCUT2D eigenvalue weighted by Crippen LogP contribution is 2.31. The summed E-state index contributed by atoms with van der Waals surface area (Å²) in [6.45, 7) is 4.16. The highest BCUT2D eigenvalue weighted by molar-refractivity contribution is 5.79. The molecule has 0 bridgehead atoms. The normalized spacial score (nSPS) is 28.0. The molecule has 5 aliphatic heterocycles. The minimum Gasteiger partial charge on any atom is -0.394 e. The minimum atomic E-state index is -2.13. The van der Waals surface area contributed by atoms with Crippen LogP contribution < -0.4 is 53.2 Å². The number of carbonyl (C=O) groups excluding carboxylic acids is 11. The zero-order valence-corrected chi connectivity index (χ0v) is 72.2. The Labute approximate surface area is 723 Å². The molecule has 0 saturated carbocycles. The number of unbranched alkanes of at least 4 members (excludes halogenated alkanes) is 10. The smallest absolute Gasteiger partial charge is 0.222 e. The maximum atomic E-state index is 17.3. The van der Waals surface area contributed by atoms with Crippen LogP contribution >= 0.6 is 0 Å². The van der Waals surface area contributed by atoms with Crippen LogP contribution in [0, 0.1) is 0 Å². The third-order valence-electron chi connectivity index (χ3n) is 21.7. The summed E-state index contributed by atoms with van der Waals surface area (Å²) in [6, 6.07) is -3.27. The fourth-order valence-corrected chi connectivity index (χ4v) is 14.8. The quantitative estimate of drug-likeness (QED) is 0.0256. The molecule has 0 radical (unpaired) electrons. The maximum Gasteiger partial charge on any atom is 0.222 e. The Kier molecular flexibility index (Phi) is 53.0. The number of rotatable bonds is 62. The van der Waals surface area contributed by atoms with Crippen molar-refractivity contribution in [3.05, 3.63) is 0 Å². The third-order valence-corrected chi connectivity index (χ3v) is 21.7. The number of alkyl halides is 1. The first kappa shape index (κ1) is 108. The van der Waals surface area contributed by atoms with Crippen LogP contribution in [0.1, 0.15) is 201 Å². The van der Waals surface area contributed by atoms with E-state index in [2.05, 4.69) is 53.2 Å². The Balaban J connectivity index is 1.14. The van der Waals surface area contributed by atoms with Crippen LogP contribution in [-0.4, -0.2) is 368 Å². The van der Waals surface area contributed by atoms with Crippen molar-refractivity contribution in [2.75, 3.05) is 112 Å². The van der Waals surface area contributed by atoms with Gasteiger partial charge < -0.3 is 157 Å². The largest absolute Gasteiger partial charge is 0.394 e. The van der Waals surface area contributed by atoms with Gasteiger partial charge in [-0.2, -0.15) is 0 Å². The van der Waals surface area contributed by atoms with E-state index in [4.69, 9.17) is 47.4 Å². The van der Waals surface area contributed by atoms with E-state index in [0.29, 0.717) is 90.0 Å². The molecule has 0 aliphatic carbocycles. The lowest BCUT2D eigenvalue weighted by Gasteiger charge is -2.43. The van der Waals surface area contributed by atoms with Crippen molar-refractivity contribution in [3.8, 4) is 0 Å². The average Bonchev–Trinajstić information content (AvgIpc) is 1.15. The number of carbonyl (C=O) groups is 11. The van der Waals surface area contributed by atoms with E-state index < -0.39 is 190 Å². The maximum absolute atomic E-state index is 17.3. The van der Waals surface area contributed by atoms with E-state index in [9.17, 15) is 104 Å². The summed E-state index contributed by atoms with van der Waals surface area (Å²) >= 11 is 0. The number of β-amino-alcohol motifs (C(OH)–C–C–N with tert-alkyl or cyclic N) is 1. The predicted octanol–water partition coefficient (Wildman–Crippen LogP) is -4.35. The number of hydrogen-bond donors (Lipinski definition) is 20. The lowest BCUT2D eigenvalue weighted by atomic mass is 9.97. The number of ether oxygens (including phenoxy) is 10. The van der Waals surface area contributed by atoms with Crippen molar-refractivity contribution in [3.63, 3.8) is 0 Å². The van der Waals surface area contributed by atoms with E-state index in [0.717, 1.165) is 44.9 Å². The summed E-state index contributed by atoms with van der Waals surface area (Å²) < 4.78 is 75.8. The molecule has 11 amide bonds. The zero-order valence-electron chi connectivity index (χ0n) is 72.2. The summed E-state index contributed by atoms with van der Waals surface area (Å²) in [5.41, 5.74) is 0. The SMILES string of the molecule is CC[C@@H]1C[C@@H](O)CN1C(=O)CCCCCCCCCCC(=O)N[C@@H]1O[C@H](COCCC(=O)NCCCNC(=O)CCCCO[C@@H]2O[C@H](CO)[C@H](O)[C@H](O)[C@H]2NC(C)=O)[C@@H](OCCC(=O)NCCCNC(=O)CCCCO[C@@H]2O[C@H](CO)[C@H](O)[C@H](O)[C@H]2NC(C)=O)[C@H](OCCC(=O)NCCCNC(=O)CCCCO[C@@H]2O[C@H](CO)[C@H](O)[C@H](O)[C@H]2NC(C)=O)[C@H]1F. The van der Waals surface area contributed by atoms with E-state index in [1.165, 1.54) is 20.8 Å². The molecule has 43 heteroatoms. The minimum absolute atomic E-state index is 0.0143. The van der Waals surface area contributed by atoms with Crippen molar-refractivity contribution < 1.29 is 156 Å². The molecule has 5 rings (SSSR count). The van der Waals surface area contributed by atoms with Gasteiger partial charge in [-0.25, -0.2) is 4.39 Å². The lowest BCUT2D eigenvalue weighted by Crippen LogP contribution is -2.64. The molecule has 5 saturated heterocycles. The van der Waals surface area contributed by atoms with Crippen LogP contribution in [0.25, 0.3) is 0 Å². The number of nitrogens with zero attached hydrogens (tertiary/aromatic N) is 1. The van der Waals surface area contributed by atoms with Crippen LogP contribution in [0.3, 0.4) is 0 Å². The van der Waals surface area contributed by atoms with Gasteiger partial charge in [0.25, 0.3) is 0 Å². The fourth-order valence-electron chi connectivity index (χ4n) is 14.8. The molecule has 5 heterocycles. The molecular formula is C81H142FN11O31. The number of hydrogen-bond acceptors (Lipinski definition) is 31. The fraction of sp³-hybridized carbons (Fsp3) is 0.864. The molecule has 22 atom stereocenters. The van der Waals surface area contributed by atoms with Gasteiger partial charge in [-0.15, -0.1) is 0 Å². The van der Waals surface area contributed by atoms with E-state index in [1.54, 1.807) is 4.90 Å². The molecular weight excluding hydrogens is 1640 g/mol. The summed E-state index contributed by atoms with van der Waals surface area (Å²) in [5, 5.41) is 128. The lowest BCUT2D eigenvalue weighted by molar-refractivity contribution is -0.270. The summed E-state index contributed by atoms with van der Waals surface area (Å²) in [5.74, 6) is -4.22. The van der Waals surface area contributed by atoms with E-state index in [1.807, 2.05) is 6.92 Å². The number of likely N-dealkylation sites (tertiary alicyclic amines) is 1. The van der Waals surface area contributed by atoms with Gasteiger partial charge in [0.05, 0.1) is 52.4 Å². The first-order valence-corrected chi connectivity index (χ1v) is 44.0. The highest BCUT2D eigenvalue weighted by atomic mass is 19.1. The molecule has 0 unspecified atom stereocenters. The van der Waals surface area contributed by atoms with Crippen LogP contribution in [-0.2, 0) is 100 Å². The zero-order chi connectivity index (χ0) is 90.9. The van der Waals surface area contributed by atoms with Crippen LogP contribution in [0.15, 0.2) is 0 Å². The second kappa shape index (κ2) is 60.9. The molecule has 5 aliphatic rings. The van der Waals surface area contributed by atoms with Crippen LogP contribution in [0.5, 0.6) is 0 Å². The van der Waals surface area contributed by atoms with Crippen molar-refractivity contribution >= 4 is 65.0 Å². The predicted molar refractivity (Wildman–Crippen MR) is 436 cm³/mol. The van der Waals surface area contributed by atoms with Crippen molar-refractivity contribution in [1.82, 2.24) is 58.1 Å². The van der Waals surface area contributed by atoms with Gasteiger partial charge in [0.2, 0.25) is 65.0 Å². The van der Waals surface area contributed by atoms with E-state index >= 15 is 4.39 Å². The van der Waals surface area contributed by atoms with Crippen molar-refractivity contribution in [2.45, 2.75) is 336 Å². The molecule has 42 nitrogen and oxygen atoms in total. The van der Waals surface area contributed by atoms with Gasteiger partial charge in [0.1, 0.15) is 91.4 Å². The van der Waals surface area contributed by atoms with Gasteiger partial charge in [0, 0.05) is 144 Å².